The lowest BCUT2D eigenvalue weighted by Gasteiger charge is -2.31. The van der Waals surface area contributed by atoms with Crippen LogP contribution >= 0.6 is 12.2 Å². The van der Waals surface area contributed by atoms with Crippen LogP contribution in [0.5, 0.6) is 0 Å². The van der Waals surface area contributed by atoms with Gasteiger partial charge in [-0.2, -0.15) is 5.10 Å². The summed E-state index contributed by atoms with van der Waals surface area (Å²) >= 11 is 5.62. The lowest BCUT2D eigenvalue weighted by atomic mass is 9.90. The molecule has 0 spiro atoms. The zero-order chi connectivity index (χ0) is 17.9. The second-order valence-corrected chi connectivity index (χ2v) is 7.34. The zero-order valence-corrected chi connectivity index (χ0v) is 15.9. The van der Waals surface area contributed by atoms with Gasteiger partial charge in [-0.1, -0.05) is 60.7 Å². The average molecular weight is 365 g/mol. The molecule has 1 fully saturated rings. The largest absolute Gasteiger partial charge is 0.303 e. The maximum absolute atomic E-state index is 5.62. The van der Waals surface area contributed by atoms with Gasteiger partial charge in [0.2, 0.25) is 0 Å². The molecule has 0 amide bonds. The van der Waals surface area contributed by atoms with E-state index in [4.69, 9.17) is 17.3 Å². The Morgan fingerprint density at radius 3 is 2.23 bits per heavy atom. The first-order chi connectivity index (χ1) is 12.7. The van der Waals surface area contributed by atoms with Gasteiger partial charge in [-0.3, -0.25) is 4.90 Å². The van der Waals surface area contributed by atoms with Gasteiger partial charge < -0.3 is 4.57 Å². The lowest BCUT2D eigenvalue weighted by molar-refractivity contribution is 0.160. The molecule has 0 bridgehead atoms. The highest BCUT2D eigenvalue weighted by atomic mass is 32.1. The Labute approximate surface area is 159 Å². The van der Waals surface area contributed by atoms with E-state index in [-0.39, 0.29) is 0 Å². The van der Waals surface area contributed by atoms with Crippen LogP contribution in [0, 0.1) is 4.77 Å². The van der Waals surface area contributed by atoms with Crippen LogP contribution in [0.1, 0.15) is 24.3 Å². The van der Waals surface area contributed by atoms with Crippen LogP contribution in [-0.2, 0) is 13.7 Å². The molecule has 1 aromatic heterocycles. The molecular formula is C21H24N4S. The van der Waals surface area contributed by atoms with Crippen LogP contribution in [-0.4, -0.2) is 32.3 Å². The van der Waals surface area contributed by atoms with Gasteiger partial charge in [-0.05, 0) is 36.5 Å². The molecule has 0 radical (unpaired) electrons. The van der Waals surface area contributed by atoms with Crippen molar-refractivity contribution < 1.29 is 0 Å². The minimum atomic E-state index is 0.670. The van der Waals surface area contributed by atoms with E-state index in [0.717, 1.165) is 35.9 Å². The minimum absolute atomic E-state index is 0.670. The summed E-state index contributed by atoms with van der Waals surface area (Å²) in [6.07, 6.45) is 2.38. The summed E-state index contributed by atoms with van der Waals surface area (Å²) in [7, 11) is 2.00. The van der Waals surface area contributed by atoms with Crippen molar-refractivity contribution in [3.8, 4) is 11.4 Å². The summed E-state index contributed by atoms with van der Waals surface area (Å²) in [6.45, 7) is 2.93. The third-order valence-electron chi connectivity index (χ3n) is 5.27. The van der Waals surface area contributed by atoms with E-state index in [1.165, 1.54) is 18.4 Å². The summed E-state index contributed by atoms with van der Waals surface area (Å²) in [5.41, 5.74) is 2.57. The number of likely N-dealkylation sites (tertiary alicyclic amines) is 1. The van der Waals surface area contributed by atoms with Crippen molar-refractivity contribution in [2.75, 3.05) is 13.1 Å². The second-order valence-electron chi connectivity index (χ2n) is 6.98. The molecular weight excluding hydrogens is 340 g/mol. The molecule has 1 aliphatic rings. The summed E-state index contributed by atoms with van der Waals surface area (Å²) in [5, 5.41) is 4.78. The van der Waals surface area contributed by atoms with Gasteiger partial charge in [-0.15, -0.1) is 0 Å². The first-order valence-corrected chi connectivity index (χ1v) is 9.60. The minimum Gasteiger partial charge on any atom is -0.303 e. The maximum Gasteiger partial charge on any atom is 0.199 e. The van der Waals surface area contributed by atoms with Crippen molar-refractivity contribution in [2.24, 2.45) is 7.05 Å². The molecule has 0 atom stereocenters. The summed E-state index contributed by atoms with van der Waals surface area (Å²) < 4.78 is 4.73. The molecule has 1 saturated heterocycles. The normalized spacial score (nSPS) is 16.0. The highest BCUT2D eigenvalue weighted by Crippen LogP contribution is 2.28. The zero-order valence-electron chi connectivity index (χ0n) is 15.1. The Bertz CT molecular complexity index is 906. The molecule has 0 aliphatic carbocycles. The topological polar surface area (TPSA) is 26.0 Å². The van der Waals surface area contributed by atoms with Crippen molar-refractivity contribution in [1.29, 1.82) is 0 Å². The van der Waals surface area contributed by atoms with E-state index < -0.39 is 0 Å². The lowest BCUT2D eigenvalue weighted by Crippen LogP contribution is -2.34. The van der Waals surface area contributed by atoms with E-state index in [0.29, 0.717) is 5.92 Å². The SMILES string of the molecule is Cn1c(-c2ccccc2)nn(CN2CCC(c3ccccc3)CC2)c1=S. The van der Waals surface area contributed by atoms with Crippen LogP contribution in [0.25, 0.3) is 11.4 Å². The maximum atomic E-state index is 5.62. The molecule has 26 heavy (non-hydrogen) atoms. The van der Waals surface area contributed by atoms with Crippen molar-refractivity contribution in [2.45, 2.75) is 25.4 Å². The Kier molecular flexibility index (Phi) is 5.00. The van der Waals surface area contributed by atoms with Crippen LogP contribution in [0.15, 0.2) is 60.7 Å². The Morgan fingerprint density at radius 1 is 0.962 bits per heavy atom. The fourth-order valence-corrected chi connectivity index (χ4v) is 3.93. The van der Waals surface area contributed by atoms with Gasteiger partial charge in [0.05, 0.1) is 6.67 Å². The smallest absolute Gasteiger partial charge is 0.199 e. The van der Waals surface area contributed by atoms with E-state index in [2.05, 4.69) is 47.4 Å². The predicted molar refractivity (Wildman–Crippen MR) is 107 cm³/mol. The summed E-state index contributed by atoms with van der Waals surface area (Å²) in [5.74, 6) is 1.60. The quantitative estimate of drug-likeness (QED) is 0.640. The third-order valence-corrected chi connectivity index (χ3v) is 5.75. The number of hydrogen-bond donors (Lipinski definition) is 0. The van der Waals surface area contributed by atoms with Crippen LogP contribution in [0.4, 0.5) is 0 Å². The van der Waals surface area contributed by atoms with Crippen LogP contribution in [0.2, 0.25) is 0 Å². The molecule has 4 nitrogen and oxygen atoms in total. The monoisotopic (exact) mass is 364 g/mol. The van der Waals surface area contributed by atoms with E-state index in [1.807, 2.05) is 34.5 Å². The molecule has 0 saturated carbocycles. The molecule has 3 aromatic rings. The fourth-order valence-electron chi connectivity index (χ4n) is 3.74. The molecule has 1 aliphatic heterocycles. The van der Waals surface area contributed by atoms with Gasteiger partial charge >= 0.3 is 0 Å². The number of hydrogen-bond acceptors (Lipinski definition) is 3. The first kappa shape index (κ1) is 17.2. The molecule has 4 rings (SSSR count). The molecule has 0 N–H and O–H groups in total. The number of rotatable bonds is 4. The Balaban J connectivity index is 1.45. The van der Waals surface area contributed by atoms with Crippen molar-refractivity contribution >= 4 is 12.2 Å². The van der Waals surface area contributed by atoms with Gasteiger partial charge in [0.1, 0.15) is 0 Å². The number of aromatic nitrogens is 3. The van der Waals surface area contributed by atoms with Gasteiger partial charge in [0, 0.05) is 25.7 Å². The molecule has 2 heterocycles. The molecule has 2 aromatic carbocycles. The van der Waals surface area contributed by atoms with Crippen LogP contribution in [0.3, 0.4) is 0 Å². The van der Waals surface area contributed by atoms with Crippen molar-refractivity contribution in [3.05, 3.63) is 71.0 Å². The first-order valence-electron chi connectivity index (χ1n) is 9.19. The second kappa shape index (κ2) is 7.56. The standard InChI is InChI=1S/C21H24N4S/c1-23-20(19-10-6-3-7-11-19)22-25(21(23)26)16-24-14-12-18(13-15-24)17-8-4-2-5-9-17/h2-11,18H,12-16H2,1H3. The van der Waals surface area contributed by atoms with Crippen molar-refractivity contribution in [3.63, 3.8) is 0 Å². The number of nitrogens with zero attached hydrogens (tertiary/aromatic N) is 4. The van der Waals surface area contributed by atoms with E-state index >= 15 is 0 Å². The van der Waals surface area contributed by atoms with E-state index in [9.17, 15) is 0 Å². The van der Waals surface area contributed by atoms with Gasteiger partial charge in [0.25, 0.3) is 0 Å². The molecule has 5 heteroatoms. The number of piperidine rings is 1. The highest BCUT2D eigenvalue weighted by molar-refractivity contribution is 7.71. The van der Waals surface area contributed by atoms with Crippen molar-refractivity contribution in [1.82, 2.24) is 19.2 Å². The molecule has 134 valence electrons. The van der Waals surface area contributed by atoms with Gasteiger partial charge in [0.15, 0.2) is 10.6 Å². The average Bonchev–Trinajstić information content (AvgIpc) is 2.98. The Morgan fingerprint density at radius 2 is 1.58 bits per heavy atom. The highest BCUT2D eigenvalue weighted by Gasteiger charge is 2.21. The Hall–Kier alpha value is -2.24. The predicted octanol–water partition coefficient (Wildman–Crippen LogP) is 4.46. The summed E-state index contributed by atoms with van der Waals surface area (Å²) in [4.78, 5) is 2.46. The molecule has 0 unspecified atom stereocenters. The number of benzene rings is 2. The summed E-state index contributed by atoms with van der Waals surface area (Å²) in [6, 6.07) is 21.1. The van der Waals surface area contributed by atoms with Gasteiger partial charge in [-0.25, -0.2) is 4.68 Å². The third kappa shape index (κ3) is 3.50. The van der Waals surface area contributed by atoms with Crippen LogP contribution < -0.4 is 0 Å². The fraction of sp³-hybridized carbons (Fsp3) is 0.333. The van der Waals surface area contributed by atoms with E-state index in [1.54, 1.807) is 0 Å².